The van der Waals surface area contributed by atoms with Crippen molar-refractivity contribution >= 4 is 33.3 Å². The molecule has 1 N–H and O–H groups in total. The summed E-state index contributed by atoms with van der Waals surface area (Å²) in [6, 6.07) is 6.11. The van der Waals surface area contributed by atoms with Gasteiger partial charge in [0.25, 0.3) is 5.91 Å². The molecule has 0 radical (unpaired) electrons. The van der Waals surface area contributed by atoms with Crippen LogP contribution in [0.25, 0.3) is 0 Å². The van der Waals surface area contributed by atoms with Gasteiger partial charge in [0.15, 0.2) is 11.6 Å². The van der Waals surface area contributed by atoms with Gasteiger partial charge in [-0.3, -0.25) is 9.59 Å². The first-order valence-corrected chi connectivity index (χ1v) is 11.7. The van der Waals surface area contributed by atoms with Gasteiger partial charge in [-0.05, 0) is 48.5 Å². The third kappa shape index (κ3) is 6.82. The molecule has 0 aliphatic heterocycles. The van der Waals surface area contributed by atoms with Crippen molar-refractivity contribution in [3.8, 4) is 5.75 Å². The van der Waals surface area contributed by atoms with E-state index in [1.165, 1.54) is 0 Å². The maximum Gasteiger partial charge on any atom is 0.573 e. The van der Waals surface area contributed by atoms with E-state index in [2.05, 4.69) is 26.0 Å². The normalized spacial score (nSPS) is 12.7. The van der Waals surface area contributed by atoms with Crippen LogP contribution >= 0.6 is 15.9 Å². The van der Waals surface area contributed by atoms with Crippen molar-refractivity contribution in [3.63, 3.8) is 0 Å². The summed E-state index contributed by atoms with van der Waals surface area (Å²) in [6.45, 7) is 0. The molecular formula is C25H12BrF12NO3. The van der Waals surface area contributed by atoms with Gasteiger partial charge in [0.05, 0.1) is 11.3 Å². The minimum atomic E-state index is -6.68. The van der Waals surface area contributed by atoms with E-state index in [0.717, 1.165) is 42.5 Å². The zero-order chi connectivity index (χ0) is 31.8. The number of Topliss-reactive ketones (excluding diaryl/α,β-unsaturated/α-hetero) is 1. The van der Waals surface area contributed by atoms with Crippen molar-refractivity contribution in [3.05, 3.63) is 93.0 Å². The number of anilines is 1. The predicted molar refractivity (Wildman–Crippen MR) is 125 cm³/mol. The van der Waals surface area contributed by atoms with Crippen LogP contribution in [0.5, 0.6) is 5.75 Å². The molecule has 226 valence electrons. The van der Waals surface area contributed by atoms with Gasteiger partial charge in [-0.2, -0.15) is 26.3 Å². The molecule has 0 fully saturated rings. The second-order valence-electron chi connectivity index (χ2n) is 8.36. The Hall–Kier alpha value is -3.76. The van der Waals surface area contributed by atoms with Crippen LogP contribution < -0.4 is 10.1 Å². The Balaban J connectivity index is 2.04. The highest BCUT2D eigenvalue weighted by atomic mass is 79.9. The quantitative estimate of drug-likeness (QED) is 0.201. The van der Waals surface area contributed by atoms with Crippen LogP contribution in [0.1, 0.15) is 31.8 Å². The molecule has 3 aromatic rings. The second kappa shape index (κ2) is 11.5. The van der Waals surface area contributed by atoms with Crippen molar-refractivity contribution in [1.29, 1.82) is 0 Å². The number of ketones is 1. The first-order valence-electron chi connectivity index (χ1n) is 11.0. The summed E-state index contributed by atoms with van der Waals surface area (Å²) in [5, 5.41) is 2.09. The molecule has 0 saturated heterocycles. The van der Waals surface area contributed by atoms with Gasteiger partial charge in [0, 0.05) is 27.6 Å². The lowest BCUT2D eigenvalue weighted by Gasteiger charge is -2.31. The summed E-state index contributed by atoms with van der Waals surface area (Å²) < 4.78 is 164. The number of benzene rings is 3. The predicted octanol–water partition coefficient (Wildman–Crippen LogP) is 8.59. The van der Waals surface area contributed by atoms with E-state index in [-0.39, 0.29) is 11.6 Å². The lowest BCUT2D eigenvalue weighted by atomic mass is 9.91. The maximum absolute atomic E-state index is 15.1. The minimum absolute atomic E-state index is 0.132. The molecule has 0 aliphatic carbocycles. The lowest BCUT2D eigenvalue weighted by Crippen LogP contribution is -2.50. The highest BCUT2D eigenvalue weighted by Gasteiger charge is 2.73. The van der Waals surface area contributed by atoms with E-state index in [0.29, 0.717) is 0 Å². The summed E-state index contributed by atoms with van der Waals surface area (Å²) in [4.78, 5) is 25.2. The molecular weight excluding hydrogens is 670 g/mol. The summed E-state index contributed by atoms with van der Waals surface area (Å²) in [7, 11) is 0. The van der Waals surface area contributed by atoms with Crippen LogP contribution in [0, 0.1) is 11.6 Å². The first kappa shape index (κ1) is 32.8. The summed E-state index contributed by atoms with van der Waals surface area (Å²) in [5.74, 6) is -6.24. The molecule has 0 aromatic heterocycles. The second-order valence-corrected chi connectivity index (χ2v) is 9.22. The van der Waals surface area contributed by atoms with Crippen LogP contribution in [-0.2, 0) is 12.1 Å². The molecule has 0 unspecified atom stereocenters. The Morgan fingerprint density at radius 2 is 1.38 bits per heavy atom. The van der Waals surface area contributed by atoms with E-state index in [1.54, 1.807) is 0 Å². The molecule has 4 nitrogen and oxygen atoms in total. The number of ether oxygens (including phenoxy) is 1. The van der Waals surface area contributed by atoms with E-state index >= 15 is 4.39 Å². The SMILES string of the molecule is O=C(Nc1cccc(C(=O)Cc2c(Br)cc(C(F)(C(F)(F)F)C(F)(F)F)cc2OC(F)(F)F)c1F)c1ccc(F)cc1. The molecule has 0 spiro atoms. The smallest absolute Gasteiger partial charge is 0.405 e. The number of nitrogens with one attached hydrogen (secondary N) is 1. The number of alkyl halides is 10. The van der Waals surface area contributed by atoms with Crippen LogP contribution in [-0.4, -0.2) is 30.4 Å². The highest BCUT2D eigenvalue weighted by molar-refractivity contribution is 9.10. The fourth-order valence-electron chi connectivity index (χ4n) is 3.58. The van der Waals surface area contributed by atoms with E-state index in [4.69, 9.17) is 0 Å². The van der Waals surface area contributed by atoms with Crippen molar-refractivity contribution in [2.24, 2.45) is 0 Å². The summed E-state index contributed by atoms with van der Waals surface area (Å²) in [5.41, 5.74) is -11.1. The van der Waals surface area contributed by atoms with Crippen molar-refractivity contribution in [2.45, 2.75) is 30.8 Å². The molecule has 42 heavy (non-hydrogen) atoms. The largest absolute Gasteiger partial charge is 0.573 e. The minimum Gasteiger partial charge on any atom is -0.405 e. The highest BCUT2D eigenvalue weighted by Crippen LogP contribution is 2.54. The summed E-state index contributed by atoms with van der Waals surface area (Å²) >= 11 is 2.45. The van der Waals surface area contributed by atoms with Gasteiger partial charge in [-0.1, -0.05) is 22.0 Å². The van der Waals surface area contributed by atoms with Crippen LogP contribution in [0.4, 0.5) is 58.4 Å². The average molecular weight is 682 g/mol. The van der Waals surface area contributed by atoms with E-state index in [1.807, 2.05) is 0 Å². The number of halogens is 13. The lowest BCUT2D eigenvalue weighted by molar-refractivity contribution is -0.348. The molecule has 3 rings (SSSR count). The zero-order valence-corrected chi connectivity index (χ0v) is 21.6. The zero-order valence-electron chi connectivity index (χ0n) is 20.0. The fraction of sp³-hybridized carbons (Fsp3) is 0.200. The molecule has 3 aromatic carbocycles. The van der Waals surface area contributed by atoms with Gasteiger partial charge in [-0.15, -0.1) is 13.2 Å². The molecule has 0 heterocycles. The number of hydrogen-bond acceptors (Lipinski definition) is 3. The number of carbonyl (C=O) groups is 2. The van der Waals surface area contributed by atoms with Crippen molar-refractivity contribution < 1.29 is 67.0 Å². The number of amides is 1. The molecule has 0 bridgehead atoms. The summed E-state index contributed by atoms with van der Waals surface area (Å²) in [6.07, 6.45) is -20.4. The van der Waals surface area contributed by atoms with Gasteiger partial charge in [0.2, 0.25) is 0 Å². The fourth-order valence-corrected chi connectivity index (χ4v) is 4.16. The molecule has 0 saturated carbocycles. The molecule has 1 amide bonds. The third-order valence-electron chi connectivity index (χ3n) is 5.55. The number of rotatable bonds is 7. The van der Waals surface area contributed by atoms with Gasteiger partial charge in [-0.25, -0.2) is 13.2 Å². The van der Waals surface area contributed by atoms with E-state index in [9.17, 15) is 57.9 Å². The van der Waals surface area contributed by atoms with E-state index < -0.39 is 92.8 Å². The Labute approximate surface area is 235 Å². The molecule has 17 heteroatoms. The first-order chi connectivity index (χ1) is 19.2. The Morgan fingerprint density at radius 1 is 0.810 bits per heavy atom. The Morgan fingerprint density at radius 3 is 1.90 bits per heavy atom. The monoisotopic (exact) mass is 681 g/mol. The van der Waals surface area contributed by atoms with Crippen molar-refractivity contribution in [1.82, 2.24) is 0 Å². The topological polar surface area (TPSA) is 55.4 Å². The Bertz CT molecular complexity index is 1480. The number of carbonyl (C=O) groups excluding carboxylic acids is 2. The van der Waals surface area contributed by atoms with Crippen LogP contribution in [0.3, 0.4) is 0 Å². The molecule has 0 aliphatic rings. The average Bonchev–Trinajstić information content (AvgIpc) is 2.84. The standard InChI is InChI=1S/C25H12BrF12NO3/c26-16-8-12(22(29,23(30,31)32)24(33,34)35)9-19(42-25(36,37)38)15(16)10-18(40)14-2-1-3-17(20(14)28)39-21(41)11-4-6-13(27)7-5-11/h1-9H,10H2,(H,39,41). The van der Waals surface area contributed by atoms with Crippen LogP contribution in [0.2, 0.25) is 0 Å². The third-order valence-corrected chi connectivity index (χ3v) is 6.26. The number of hydrogen-bond donors (Lipinski definition) is 1. The maximum atomic E-state index is 15.1. The van der Waals surface area contributed by atoms with Gasteiger partial charge < -0.3 is 10.1 Å². The van der Waals surface area contributed by atoms with Gasteiger partial charge >= 0.3 is 24.4 Å². The molecule has 0 atom stereocenters. The van der Waals surface area contributed by atoms with Crippen LogP contribution in [0.15, 0.2) is 59.1 Å². The Kier molecular flexibility index (Phi) is 8.96. The van der Waals surface area contributed by atoms with Gasteiger partial charge in [0.1, 0.15) is 11.6 Å². The van der Waals surface area contributed by atoms with Crippen molar-refractivity contribution in [2.75, 3.05) is 5.32 Å².